The molecule has 0 saturated heterocycles. The Balaban J connectivity index is 2.35. The van der Waals surface area contributed by atoms with Gasteiger partial charge in [-0.2, -0.15) is 18.3 Å². The average molecular weight is 356 g/mol. The molecule has 0 spiro atoms. The van der Waals surface area contributed by atoms with E-state index in [0.29, 0.717) is 5.69 Å². The Morgan fingerprint density at radius 2 is 1.96 bits per heavy atom. The van der Waals surface area contributed by atoms with E-state index in [9.17, 15) is 22.8 Å². The Labute approximate surface area is 140 Å². The molecule has 2 rings (SSSR count). The molecule has 1 amide bonds. The molecule has 0 saturated carbocycles. The van der Waals surface area contributed by atoms with Gasteiger partial charge in [-0.15, -0.1) is 0 Å². The van der Waals surface area contributed by atoms with Gasteiger partial charge >= 0.3 is 12.1 Å². The second-order valence-electron chi connectivity index (χ2n) is 5.05. The number of para-hydroxylation sites is 1. The minimum atomic E-state index is -5.16. The third-order valence-corrected chi connectivity index (χ3v) is 3.27. The Kier molecular flexibility index (Phi) is 5.42. The van der Waals surface area contributed by atoms with Gasteiger partial charge in [0.05, 0.1) is 11.7 Å². The fraction of sp³-hybridized carbons (Fsp3) is 0.267. The van der Waals surface area contributed by atoms with Gasteiger partial charge in [-0.05, 0) is 26.1 Å². The van der Waals surface area contributed by atoms with E-state index >= 15 is 0 Å². The number of carbonyl (C=O) groups excluding carboxylic acids is 2. The van der Waals surface area contributed by atoms with Crippen molar-refractivity contribution in [2.45, 2.75) is 19.1 Å². The number of fused-ring (bicyclic) bond motifs is 1. The first-order chi connectivity index (χ1) is 11.7. The Morgan fingerprint density at radius 3 is 2.60 bits per heavy atom. The molecule has 134 valence electrons. The van der Waals surface area contributed by atoms with Crippen molar-refractivity contribution in [2.24, 2.45) is 5.10 Å². The van der Waals surface area contributed by atoms with Crippen molar-refractivity contribution in [3.8, 4) is 0 Å². The highest BCUT2D eigenvalue weighted by molar-refractivity contribution is 6.10. The number of alkyl halides is 3. The van der Waals surface area contributed by atoms with E-state index in [2.05, 4.69) is 25.9 Å². The highest BCUT2D eigenvalue weighted by atomic mass is 19.4. The van der Waals surface area contributed by atoms with Gasteiger partial charge in [0.1, 0.15) is 5.76 Å². The van der Waals surface area contributed by atoms with Gasteiger partial charge in [0.15, 0.2) is 5.84 Å². The molecule has 25 heavy (non-hydrogen) atoms. The van der Waals surface area contributed by atoms with Crippen molar-refractivity contribution in [3.05, 3.63) is 35.9 Å². The van der Waals surface area contributed by atoms with Crippen molar-refractivity contribution >= 4 is 29.2 Å². The second kappa shape index (κ2) is 7.34. The fourth-order valence-electron chi connectivity index (χ4n) is 1.82. The molecule has 10 heteroatoms. The van der Waals surface area contributed by atoms with Gasteiger partial charge in [-0.25, -0.2) is 4.79 Å². The normalized spacial score (nSPS) is 14.9. The van der Waals surface area contributed by atoms with Crippen molar-refractivity contribution in [2.75, 3.05) is 12.5 Å². The number of benzene rings is 1. The molecule has 1 aromatic carbocycles. The summed E-state index contributed by atoms with van der Waals surface area (Å²) in [6.45, 7) is 1.59. The minimum Gasteiger partial charge on any atom is -0.419 e. The predicted molar refractivity (Wildman–Crippen MR) is 84.3 cm³/mol. The van der Waals surface area contributed by atoms with Crippen LogP contribution >= 0.6 is 0 Å². The summed E-state index contributed by atoms with van der Waals surface area (Å²) in [5.41, 5.74) is 3.11. The number of ether oxygens (including phenoxy) is 1. The molecular formula is C15H15F3N4O3. The third-order valence-electron chi connectivity index (χ3n) is 3.27. The number of carbonyl (C=O) groups is 2. The van der Waals surface area contributed by atoms with E-state index in [-0.39, 0.29) is 17.2 Å². The molecule has 1 aliphatic heterocycles. The lowest BCUT2D eigenvalue weighted by molar-refractivity contribution is -0.192. The molecule has 7 nitrogen and oxygen atoms in total. The zero-order chi connectivity index (χ0) is 18.6. The number of halogens is 3. The Morgan fingerprint density at radius 1 is 1.28 bits per heavy atom. The number of amides is 1. The summed E-state index contributed by atoms with van der Waals surface area (Å²) in [4.78, 5) is 23.1. The fourth-order valence-corrected chi connectivity index (χ4v) is 1.82. The van der Waals surface area contributed by atoms with Crippen LogP contribution in [0.1, 0.15) is 12.5 Å². The van der Waals surface area contributed by atoms with E-state index < -0.39 is 24.1 Å². The molecule has 0 fully saturated rings. The summed E-state index contributed by atoms with van der Waals surface area (Å²) in [5.74, 6) is -3.33. The monoisotopic (exact) mass is 356 g/mol. The number of hydrazone groups is 1. The number of nitrogens with one attached hydrogen (secondary N) is 3. The summed E-state index contributed by atoms with van der Waals surface area (Å²) < 4.78 is 42.0. The van der Waals surface area contributed by atoms with Crippen LogP contribution in [0.4, 0.5) is 18.9 Å². The van der Waals surface area contributed by atoms with Crippen LogP contribution in [-0.2, 0) is 14.3 Å². The number of likely N-dealkylation sites (N-methyl/N-ethyl adjacent to an activating group) is 1. The van der Waals surface area contributed by atoms with Gasteiger partial charge in [0, 0.05) is 11.6 Å². The maximum Gasteiger partial charge on any atom is 0.491 e. The van der Waals surface area contributed by atoms with Gasteiger partial charge in [0.25, 0.3) is 0 Å². The van der Waals surface area contributed by atoms with Crippen molar-refractivity contribution in [1.29, 1.82) is 0 Å². The van der Waals surface area contributed by atoms with Crippen LogP contribution in [0.25, 0.3) is 5.76 Å². The van der Waals surface area contributed by atoms with Crippen LogP contribution < -0.4 is 16.1 Å². The smallest absolute Gasteiger partial charge is 0.419 e. The van der Waals surface area contributed by atoms with Crippen molar-refractivity contribution in [1.82, 2.24) is 10.6 Å². The first kappa shape index (κ1) is 18.5. The van der Waals surface area contributed by atoms with Crippen LogP contribution in [0, 0.1) is 0 Å². The van der Waals surface area contributed by atoms with Crippen molar-refractivity contribution in [3.63, 3.8) is 0 Å². The summed E-state index contributed by atoms with van der Waals surface area (Å²) in [6, 6.07) is 5.60. The summed E-state index contributed by atoms with van der Waals surface area (Å²) in [7, 11) is 1.57. The Hall–Kier alpha value is -2.88. The van der Waals surface area contributed by atoms with Crippen molar-refractivity contribution < 1.29 is 27.5 Å². The highest BCUT2D eigenvalue weighted by Gasteiger charge is 2.42. The van der Waals surface area contributed by atoms with Gasteiger partial charge < -0.3 is 15.4 Å². The first-order valence-corrected chi connectivity index (χ1v) is 7.14. The lowest BCUT2D eigenvalue weighted by Gasteiger charge is -2.12. The molecule has 1 atom stereocenters. The van der Waals surface area contributed by atoms with Crippen LogP contribution in [0.15, 0.2) is 35.4 Å². The number of anilines is 1. The van der Waals surface area contributed by atoms with Gasteiger partial charge in [-0.1, -0.05) is 12.1 Å². The minimum absolute atomic E-state index is 0.103. The lowest BCUT2D eigenvalue weighted by Crippen LogP contribution is -2.43. The zero-order valence-electron chi connectivity index (χ0n) is 13.3. The van der Waals surface area contributed by atoms with E-state index in [0.717, 1.165) is 6.08 Å². The number of hydrogen-bond acceptors (Lipinski definition) is 6. The van der Waals surface area contributed by atoms with E-state index in [1.165, 1.54) is 12.1 Å². The SMILES string of the molecule is CNC(C)C(=O)NC1=NNc2ccccc2C(OC(=O)C(F)(F)F)=C1. The highest BCUT2D eigenvalue weighted by Crippen LogP contribution is 2.29. The molecule has 0 bridgehead atoms. The first-order valence-electron chi connectivity index (χ1n) is 7.14. The number of rotatable bonds is 3. The lowest BCUT2D eigenvalue weighted by atomic mass is 10.1. The molecule has 1 unspecified atom stereocenters. The topological polar surface area (TPSA) is 91.8 Å². The molecule has 1 aromatic rings. The standard InChI is InChI=1S/C15H15F3N4O3/c1-8(19-2)13(23)20-12-7-11(25-14(24)15(16,17)18)9-5-3-4-6-10(9)21-22-12/h3-8,19,21H,1-2H3,(H,20,22,23). The molecule has 1 aliphatic rings. The number of esters is 1. The molecule has 0 radical (unpaired) electrons. The Bertz CT molecular complexity index is 744. The maximum absolute atomic E-state index is 12.5. The van der Waals surface area contributed by atoms with E-state index in [4.69, 9.17) is 0 Å². The average Bonchev–Trinajstić information content (AvgIpc) is 2.73. The number of amidine groups is 1. The molecule has 1 heterocycles. The van der Waals surface area contributed by atoms with Crippen LogP contribution in [0.2, 0.25) is 0 Å². The maximum atomic E-state index is 12.5. The van der Waals surface area contributed by atoms with Crippen LogP contribution in [0.3, 0.4) is 0 Å². The number of hydrogen-bond donors (Lipinski definition) is 3. The molecule has 3 N–H and O–H groups in total. The van der Waals surface area contributed by atoms with Crippen LogP contribution in [-0.4, -0.2) is 37.0 Å². The molecule has 0 aliphatic carbocycles. The van der Waals surface area contributed by atoms with E-state index in [1.54, 1.807) is 26.1 Å². The third kappa shape index (κ3) is 4.57. The van der Waals surface area contributed by atoms with Gasteiger partial charge in [-0.3, -0.25) is 10.2 Å². The summed E-state index contributed by atoms with van der Waals surface area (Å²) >= 11 is 0. The quantitative estimate of drug-likeness (QED) is 0.716. The second-order valence-corrected chi connectivity index (χ2v) is 5.05. The zero-order valence-corrected chi connectivity index (χ0v) is 13.3. The predicted octanol–water partition coefficient (Wildman–Crippen LogP) is 1.60. The van der Waals surface area contributed by atoms with E-state index in [1.807, 2.05) is 0 Å². The summed E-state index contributed by atoms with van der Waals surface area (Å²) in [6.07, 6.45) is -4.11. The van der Waals surface area contributed by atoms with Gasteiger partial charge in [0.2, 0.25) is 5.91 Å². The van der Waals surface area contributed by atoms with Crippen LogP contribution in [0.5, 0.6) is 0 Å². The summed E-state index contributed by atoms with van der Waals surface area (Å²) in [5, 5.41) is 9.03. The largest absolute Gasteiger partial charge is 0.491 e. The molecular weight excluding hydrogens is 341 g/mol. The number of nitrogens with zero attached hydrogens (tertiary/aromatic N) is 1. The molecule has 0 aromatic heterocycles.